The maximum Gasteiger partial charge on any atom is 0.303 e. The van der Waals surface area contributed by atoms with Crippen LogP contribution < -0.4 is 4.74 Å². The Kier molecular flexibility index (Phi) is 5.80. The molecule has 2 heterocycles. The number of carboxylic acids is 1. The zero-order valence-corrected chi connectivity index (χ0v) is 18.1. The van der Waals surface area contributed by atoms with Crippen molar-refractivity contribution in [2.24, 2.45) is 7.05 Å². The van der Waals surface area contributed by atoms with E-state index >= 15 is 0 Å². The first kappa shape index (κ1) is 20.7. The highest BCUT2D eigenvalue weighted by Gasteiger charge is 2.12. The third-order valence-electron chi connectivity index (χ3n) is 5.73. The summed E-state index contributed by atoms with van der Waals surface area (Å²) in [7, 11) is 1.93. The van der Waals surface area contributed by atoms with Gasteiger partial charge in [-0.1, -0.05) is 31.2 Å². The van der Waals surface area contributed by atoms with Crippen molar-refractivity contribution < 1.29 is 14.6 Å². The zero-order valence-electron chi connectivity index (χ0n) is 18.1. The summed E-state index contributed by atoms with van der Waals surface area (Å²) in [6.45, 7) is 5.31. The largest absolute Gasteiger partial charge is 0.489 e. The standard InChI is InChI=1S/C25H27N3O3/c1-17(12-24(29)30)20-6-8-23(9-7-20)31-16-22-5-4-21-10-11-28(25(21)18(22)2)15-19-13-26-27(3)14-19/h4-11,13-14,17H,12,15-16H2,1-3H3,(H,29,30). The van der Waals surface area contributed by atoms with E-state index in [4.69, 9.17) is 9.84 Å². The maximum atomic E-state index is 10.9. The van der Waals surface area contributed by atoms with Crippen molar-refractivity contribution in [2.45, 2.75) is 39.3 Å². The lowest BCUT2D eigenvalue weighted by molar-refractivity contribution is -0.137. The first-order valence-corrected chi connectivity index (χ1v) is 10.4. The Hall–Kier alpha value is -3.54. The molecule has 6 heteroatoms. The average molecular weight is 418 g/mol. The number of hydrogen-bond acceptors (Lipinski definition) is 3. The van der Waals surface area contributed by atoms with Gasteiger partial charge in [0.2, 0.25) is 0 Å². The normalized spacial score (nSPS) is 12.2. The van der Waals surface area contributed by atoms with E-state index in [-0.39, 0.29) is 12.3 Å². The van der Waals surface area contributed by atoms with E-state index in [9.17, 15) is 4.79 Å². The molecule has 0 fully saturated rings. The Bertz CT molecular complexity index is 1200. The first-order chi connectivity index (χ1) is 14.9. The predicted octanol–water partition coefficient (Wildman–Crippen LogP) is 4.89. The van der Waals surface area contributed by atoms with Gasteiger partial charge in [-0.3, -0.25) is 9.48 Å². The summed E-state index contributed by atoms with van der Waals surface area (Å²) in [4.78, 5) is 10.9. The number of aliphatic carboxylic acids is 1. The lowest BCUT2D eigenvalue weighted by atomic mass is 9.98. The van der Waals surface area contributed by atoms with Crippen LogP contribution in [-0.2, 0) is 25.0 Å². The lowest BCUT2D eigenvalue weighted by Gasteiger charge is -2.13. The number of carbonyl (C=O) groups is 1. The van der Waals surface area contributed by atoms with Crippen molar-refractivity contribution in [3.8, 4) is 5.75 Å². The van der Waals surface area contributed by atoms with E-state index in [1.807, 2.05) is 55.3 Å². The molecule has 0 amide bonds. The maximum absolute atomic E-state index is 10.9. The van der Waals surface area contributed by atoms with Crippen LogP contribution in [0, 0.1) is 6.92 Å². The van der Waals surface area contributed by atoms with Crippen LogP contribution in [0.3, 0.4) is 0 Å². The minimum atomic E-state index is -0.785. The van der Waals surface area contributed by atoms with Gasteiger partial charge in [0.05, 0.1) is 24.7 Å². The third-order valence-corrected chi connectivity index (χ3v) is 5.73. The number of carboxylic acid groups (broad SMARTS) is 1. The van der Waals surface area contributed by atoms with E-state index in [1.165, 1.54) is 22.0 Å². The van der Waals surface area contributed by atoms with Gasteiger partial charge in [-0.05, 0) is 53.1 Å². The van der Waals surface area contributed by atoms with E-state index in [2.05, 4.69) is 41.0 Å². The molecule has 0 radical (unpaired) electrons. The number of rotatable bonds is 8. The molecule has 0 saturated carbocycles. The molecule has 1 atom stereocenters. The molecule has 2 aromatic carbocycles. The first-order valence-electron chi connectivity index (χ1n) is 10.4. The van der Waals surface area contributed by atoms with Crippen molar-refractivity contribution >= 4 is 16.9 Å². The van der Waals surface area contributed by atoms with Crippen LogP contribution in [-0.4, -0.2) is 25.4 Å². The van der Waals surface area contributed by atoms with Gasteiger partial charge in [0.15, 0.2) is 0 Å². The van der Waals surface area contributed by atoms with Crippen LogP contribution in [0.25, 0.3) is 10.9 Å². The SMILES string of the molecule is Cc1c(COc2ccc(C(C)CC(=O)O)cc2)ccc2ccn(Cc3cnn(C)c3)c12. The minimum absolute atomic E-state index is 0.0243. The highest BCUT2D eigenvalue weighted by molar-refractivity contribution is 5.84. The van der Waals surface area contributed by atoms with Crippen LogP contribution in [0.1, 0.15) is 41.5 Å². The van der Waals surface area contributed by atoms with Gasteiger partial charge in [-0.15, -0.1) is 0 Å². The van der Waals surface area contributed by atoms with Gasteiger partial charge in [-0.2, -0.15) is 5.10 Å². The molecule has 1 unspecified atom stereocenters. The van der Waals surface area contributed by atoms with Gasteiger partial charge in [0.25, 0.3) is 0 Å². The Morgan fingerprint density at radius 3 is 2.61 bits per heavy atom. The molecule has 0 aliphatic rings. The van der Waals surface area contributed by atoms with Crippen LogP contribution >= 0.6 is 0 Å². The molecule has 0 spiro atoms. The van der Waals surface area contributed by atoms with Crippen LogP contribution in [0.15, 0.2) is 61.1 Å². The summed E-state index contributed by atoms with van der Waals surface area (Å²) in [6, 6.07) is 14.1. The highest BCUT2D eigenvalue weighted by Crippen LogP contribution is 2.26. The average Bonchev–Trinajstić information content (AvgIpc) is 3.34. The van der Waals surface area contributed by atoms with E-state index < -0.39 is 5.97 Å². The van der Waals surface area contributed by atoms with Gasteiger partial charge in [-0.25, -0.2) is 0 Å². The molecule has 31 heavy (non-hydrogen) atoms. The summed E-state index contributed by atoms with van der Waals surface area (Å²) < 4.78 is 10.1. The number of benzene rings is 2. The molecular formula is C25H27N3O3. The second-order valence-corrected chi connectivity index (χ2v) is 8.11. The number of hydrogen-bond donors (Lipinski definition) is 1. The van der Waals surface area contributed by atoms with Gasteiger partial charge < -0.3 is 14.4 Å². The smallest absolute Gasteiger partial charge is 0.303 e. The Balaban J connectivity index is 1.49. The van der Waals surface area contributed by atoms with Crippen molar-refractivity contribution in [3.05, 3.63) is 83.3 Å². The Morgan fingerprint density at radius 2 is 1.94 bits per heavy atom. The fourth-order valence-electron chi connectivity index (χ4n) is 4.00. The van der Waals surface area contributed by atoms with Crippen LogP contribution in [0.2, 0.25) is 0 Å². The molecule has 2 aromatic heterocycles. The number of aromatic nitrogens is 3. The summed E-state index contributed by atoms with van der Waals surface area (Å²) >= 11 is 0. The Morgan fingerprint density at radius 1 is 1.16 bits per heavy atom. The fourth-order valence-corrected chi connectivity index (χ4v) is 4.00. The van der Waals surface area contributed by atoms with Crippen molar-refractivity contribution in [3.63, 3.8) is 0 Å². The molecule has 6 nitrogen and oxygen atoms in total. The van der Waals surface area contributed by atoms with Crippen LogP contribution in [0.4, 0.5) is 0 Å². The second kappa shape index (κ2) is 8.68. The van der Waals surface area contributed by atoms with Crippen LogP contribution in [0.5, 0.6) is 5.75 Å². The third kappa shape index (κ3) is 4.63. The molecule has 0 aliphatic heterocycles. The van der Waals surface area contributed by atoms with E-state index in [0.717, 1.165) is 23.4 Å². The lowest BCUT2D eigenvalue weighted by Crippen LogP contribution is -2.04. The molecule has 4 rings (SSSR count). The van der Waals surface area contributed by atoms with Gasteiger partial charge >= 0.3 is 5.97 Å². The molecule has 160 valence electrons. The Labute approximate surface area is 181 Å². The molecule has 0 bridgehead atoms. The van der Waals surface area contributed by atoms with Gasteiger partial charge in [0, 0.05) is 25.0 Å². The number of aryl methyl sites for hydroxylation is 2. The van der Waals surface area contributed by atoms with Crippen molar-refractivity contribution in [1.82, 2.24) is 14.3 Å². The molecule has 4 aromatic rings. The van der Waals surface area contributed by atoms with E-state index in [1.54, 1.807) is 0 Å². The minimum Gasteiger partial charge on any atom is -0.489 e. The fraction of sp³-hybridized carbons (Fsp3) is 0.280. The summed E-state index contributed by atoms with van der Waals surface area (Å²) in [6.07, 6.45) is 6.18. The quantitative estimate of drug-likeness (QED) is 0.443. The second-order valence-electron chi connectivity index (χ2n) is 8.11. The van der Waals surface area contributed by atoms with Gasteiger partial charge in [0.1, 0.15) is 12.4 Å². The molecular weight excluding hydrogens is 390 g/mol. The van der Waals surface area contributed by atoms with Crippen molar-refractivity contribution in [1.29, 1.82) is 0 Å². The number of nitrogens with zero attached hydrogens (tertiary/aromatic N) is 3. The van der Waals surface area contributed by atoms with E-state index in [0.29, 0.717) is 6.61 Å². The summed E-state index contributed by atoms with van der Waals surface area (Å²) in [5.74, 6) is -0.0349. The predicted molar refractivity (Wildman–Crippen MR) is 120 cm³/mol. The number of ether oxygens (including phenoxy) is 1. The molecule has 0 saturated heterocycles. The topological polar surface area (TPSA) is 69.3 Å². The summed E-state index contributed by atoms with van der Waals surface area (Å²) in [5.41, 5.74) is 5.72. The number of fused-ring (bicyclic) bond motifs is 1. The zero-order chi connectivity index (χ0) is 22.0. The summed E-state index contributed by atoms with van der Waals surface area (Å²) in [5, 5.41) is 14.4. The highest BCUT2D eigenvalue weighted by atomic mass is 16.5. The van der Waals surface area contributed by atoms with Crippen molar-refractivity contribution in [2.75, 3.05) is 0 Å². The molecule has 1 N–H and O–H groups in total. The molecule has 0 aliphatic carbocycles. The monoisotopic (exact) mass is 417 g/mol.